The average Bonchev–Trinajstić information content (AvgIpc) is 3.20. The number of allylic oxidation sites excluding steroid dienone is 1. The van der Waals surface area contributed by atoms with Gasteiger partial charge in [0.25, 0.3) is 0 Å². The molecule has 5 rings (SSSR count). The SMILES string of the molecule is COc1ccc(CCN2COc3cc(C)c4c(c3C2)O/C(=C/c2ccccn2)C4=O)cc1OC. The molecular weight excluding hydrogens is 432 g/mol. The number of methoxy groups -OCH3 is 2. The molecule has 2 aliphatic rings. The highest BCUT2D eigenvalue weighted by Gasteiger charge is 2.35. The number of carbonyl (C=O) groups excluding carboxylic acids is 1. The van der Waals surface area contributed by atoms with Crippen LogP contribution < -0.4 is 18.9 Å². The van der Waals surface area contributed by atoms with Gasteiger partial charge in [-0.2, -0.15) is 0 Å². The molecule has 7 heteroatoms. The third-order valence-electron chi connectivity index (χ3n) is 6.12. The van der Waals surface area contributed by atoms with Crippen LogP contribution in [0, 0.1) is 6.92 Å². The van der Waals surface area contributed by atoms with E-state index >= 15 is 0 Å². The summed E-state index contributed by atoms with van der Waals surface area (Å²) in [6, 6.07) is 13.4. The summed E-state index contributed by atoms with van der Waals surface area (Å²) in [7, 11) is 3.27. The molecule has 0 aliphatic carbocycles. The van der Waals surface area contributed by atoms with E-state index in [1.165, 1.54) is 0 Å². The smallest absolute Gasteiger partial charge is 0.232 e. The number of fused-ring (bicyclic) bond motifs is 3. The molecule has 7 nitrogen and oxygen atoms in total. The molecule has 2 aliphatic heterocycles. The number of nitrogens with zero attached hydrogens (tertiary/aromatic N) is 2. The van der Waals surface area contributed by atoms with E-state index in [4.69, 9.17) is 18.9 Å². The van der Waals surface area contributed by atoms with Gasteiger partial charge in [-0.25, -0.2) is 0 Å². The maximum absolute atomic E-state index is 13.1. The number of hydrogen-bond acceptors (Lipinski definition) is 7. The number of rotatable bonds is 6. The molecule has 0 saturated heterocycles. The van der Waals surface area contributed by atoms with Crippen LogP contribution in [0.2, 0.25) is 0 Å². The van der Waals surface area contributed by atoms with E-state index in [1.807, 2.05) is 49.4 Å². The van der Waals surface area contributed by atoms with Crippen LogP contribution >= 0.6 is 0 Å². The van der Waals surface area contributed by atoms with Crippen LogP contribution in [0.15, 0.2) is 54.4 Å². The molecule has 0 radical (unpaired) electrons. The van der Waals surface area contributed by atoms with Crippen molar-refractivity contribution in [2.75, 3.05) is 27.5 Å². The maximum atomic E-state index is 13.1. The van der Waals surface area contributed by atoms with Crippen molar-refractivity contribution >= 4 is 11.9 Å². The van der Waals surface area contributed by atoms with Crippen molar-refractivity contribution in [3.63, 3.8) is 0 Å². The van der Waals surface area contributed by atoms with Crippen LogP contribution in [0.4, 0.5) is 0 Å². The van der Waals surface area contributed by atoms with E-state index in [-0.39, 0.29) is 11.5 Å². The molecule has 0 N–H and O–H groups in total. The van der Waals surface area contributed by atoms with Gasteiger partial charge in [-0.3, -0.25) is 14.7 Å². The Morgan fingerprint density at radius 3 is 2.74 bits per heavy atom. The highest BCUT2D eigenvalue weighted by atomic mass is 16.5. The summed E-state index contributed by atoms with van der Waals surface area (Å²) in [6.07, 6.45) is 4.20. The van der Waals surface area contributed by atoms with Gasteiger partial charge in [-0.15, -0.1) is 0 Å². The molecule has 0 bridgehead atoms. The minimum absolute atomic E-state index is 0.122. The van der Waals surface area contributed by atoms with Crippen LogP contribution in [0.3, 0.4) is 0 Å². The van der Waals surface area contributed by atoms with Gasteiger partial charge in [-0.1, -0.05) is 12.1 Å². The van der Waals surface area contributed by atoms with Crippen LogP contribution in [0.25, 0.3) is 6.08 Å². The van der Waals surface area contributed by atoms with Crippen molar-refractivity contribution in [3.8, 4) is 23.0 Å². The summed E-state index contributed by atoms with van der Waals surface area (Å²) < 4.78 is 22.9. The molecule has 0 unspecified atom stereocenters. The van der Waals surface area contributed by atoms with Gasteiger partial charge in [-0.05, 0) is 54.8 Å². The number of hydrogen-bond donors (Lipinski definition) is 0. The number of carbonyl (C=O) groups is 1. The minimum Gasteiger partial charge on any atom is -0.493 e. The lowest BCUT2D eigenvalue weighted by Crippen LogP contribution is -2.34. The first kappa shape index (κ1) is 22.0. The maximum Gasteiger partial charge on any atom is 0.232 e. The van der Waals surface area contributed by atoms with Crippen molar-refractivity contribution in [1.82, 2.24) is 9.88 Å². The predicted octanol–water partition coefficient (Wildman–Crippen LogP) is 4.42. The summed E-state index contributed by atoms with van der Waals surface area (Å²) in [5.74, 6) is 2.95. The van der Waals surface area contributed by atoms with E-state index in [2.05, 4.69) is 9.88 Å². The van der Waals surface area contributed by atoms with E-state index in [0.717, 1.165) is 35.4 Å². The second-order valence-corrected chi connectivity index (χ2v) is 8.33. The van der Waals surface area contributed by atoms with Crippen molar-refractivity contribution in [2.45, 2.75) is 19.9 Å². The van der Waals surface area contributed by atoms with Gasteiger partial charge in [0, 0.05) is 25.4 Å². The molecule has 34 heavy (non-hydrogen) atoms. The highest BCUT2D eigenvalue weighted by Crippen LogP contribution is 2.44. The van der Waals surface area contributed by atoms with Gasteiger partial charge in [0.15, 0.2) is 17.3 Å². The van der Waals surface area contributed by atoms with Gasteiger partial charge < -0.3 is 18.9 Å². The number of ether oxygens (including phenoxy) is 4. The van der Waals surface area contributed by atoms with Crippen LogP contribution in [0.5, 0.6) is 23.0 Å². The fourth-order valence-electron chi connectivity index (χ4n) is 4.34. The van der Waals surface area contributed by atoms with Gasteiger partial charge in [0.1, 0.15) is 18.2 Å². The predicted molar refractivity (Wildman–Crippen MR) is 128 cm³/mol. The third kappa shape index (κ3) is 4.10. The van der Waals surface area contributed by atoms with Crippen LogP contribution in [0.1, 0.15) is 32.7 Å². The average molecular weight is 459 g/mol. The zero-order chi connectivity index (χ0) is 23.7. The molecule has 3 aromatic rings. The molecule has 1 aromatic heterocycles. The molecular formula is C27H26N2O5. The second-order valence-electron chi connectivity index (χ2n) is 8.33. The Morgan fingerprint density at radius 1 is 1.12 bits per heavy atom. The molecule has 2 aromatic carbocycles. The Bertz CT molecular complexity index is 1270. The molecule has 0 atom stereocenters. The highest BCUT2D eigenvalue weighted by molar-refractivity contribution is 6.15. The van der Waals surface area contributed by atoms with E-state index in [1.54, 1.807) is 26.5 Å². The fraction of sp³-hybridized carbons (Fsp3) is 0.259. The van der Waals surface area contributed by atoms with Crippen molar-refractivity contribution in [1.29, 1.82) is 0 Å². The van der Waals surface area contributed by atoms with Crippen molar-refractivity contribution in [3.05, 3.63) is 82.4 Å². The first-order valence-electron chi connectivity index (χ1n) is 11.1. The number of aryl methyl sites for hydroxylation is 1. The zero-order valence-electron chi connectivity index (χ0n) is 19.5. The Hall–Kier alpha value is -3.84. The lowest BCUT2D eigenvalue weighted by molar-refractivity contribution is 0.0949. The number of ketones is 1. The topological polar surface area (TPSA) is 70.1 Å². The summed E-state index contributed by atoms with van der Waals surface area (Å²) >= 11 is 0. The normalized spacial score (nSPS) is 16.0. The molecule has 0 fully saturated rings. The molecule has 3 heterocycles. The standard InChI is InChI=1S/C27H26N2O5/c1-17-12-22-20(27-25(17)26(30)24(34-27)14-19-6-4-5-10-28-19)15-29(16-33-22)11-9-18-7-8-21(31-2)23(13-18)32-3/h4-8,10,12-14H,9,11,15-16H2,1-3H3/b24-14+. The summed E-state index contributed by atoms with van der Waals surface area (Å²) in [6.45, 7) is 3.80. The molecule has 0 spiro atoms. The fourth-order valence-corrected chi connectivity index (χ4v) is 4.34. The summed E-state index contributed by atoms with van der Waals surface area (Å²) in [5, 5.41) is 0. The first-order chi connectivity index (χ1) is 16.6. The number of benzene rings is 2. The second kappa shape index (κ2) is 9.19. The third-order valence-corrected chi connectivity index (χ3v) is 6.12. The van der Waals surface area contributed by atoms with Crippen LogP contribution in [-0.4, -0.2) is 43.2 Å². The molecule has 174 valence electrons. The van der Waals surface area contributed by atoms with Crippen LogP contribution in [-0.2, 0) is 13.0 Å². The molecule has 0 amide bonds. The first-order valence-corrected chi connectivity index (χ1v) is 11.1. The largest absolute Gasteiger partial charge is 0.493 e. The van der Waals surface area contributed by atoms with E-state index < -0.39 is 0 Å². The van der Waals surface area contributed by atoms with Gasteiger partial charge >= 0.3 is 0 Å². The molecule has 0 saturated carbocycles. The summed E-state index contributed by atoms with van der Waals surface area (Å²) in [5.41, 5.74) is 4.17. The Kier molecular flexibility index (Phi) is 5.94. The number of aromatic nitrogens is 1. The van der Waals surface area contributed by atoms with Gasteiger partial charge in [0.2, 0.25) is 5.78 Å². The van der Waals surface area contributed by atoms with Crippen molar-refractivity contribution in [2.24, 2.45) is 0 Å². The monoisotopic (exact) mass is 458 g/mol. The van der Waals surface area contributed by atoms with Crippen molar-refractivity contribution < 1.29 is 23.7 Å². The minimum atomic E-state index is -0.122. The number of pyridine rings is 1. The van der Waals surface area contributed by atoms with E-state index in [0.29, 0.717) is 41.8 Å². The quantitative estimate of drug-likeness (QED) is 0.507. The lowest BCUT2D eigenvalue weighted by Gasteiger charge is -2.30. The number of Topliss-reactive ketones (excluding diaryl/α,β-unsaturated/α-hetero) is 1. The Balaban J connectivity index is 1.36. The summed E-state index contributed by atoms with van der Waals surface area (Å²) in [4.78, 5) is 19.6. The Labute approximate surface area is 198 Å². The zero-order valence-corrected chi connectivity index (χ0v) is 19.5. The Morgan fingerprint density at radius 2 is 1.97 bits per heavy atom. The van der Waals surface area contributed by atoms with Gasteiger partial charge in [0.05, 0.1) is 31.0 Å². The lowest BCUT2D eigenvalue weighted by atomic mass is 9.98. The van der Waals surface area contributed by atoms with E-state index in [9.17, 15) is 4.79 Å².